The number of anilines is 1. The maximum absolute atomic E-state index is 12.5. The monoisotopic (exact) mass is 316 g/mol. The topological polar surface area (TPSA) is 58.6 Å². The van der Waals surface area contributed by atoms with Crippen molar-refractivity contribution in [1.82, 2.24) is 5.32 Å². The third-order valence-electron chi connectivity index (χ3n) is 3.12. The first-order valence-corrected chi connectivity index (χ1v) is 7.63. The molecule has 5 heteroatoms. The molecule has 124 valence electrons. The Morgan fingerprint density at radius 2 is 2.13 bits per heavy atom. The lowest BCUT2D eigenvalue weighted by atomic mass is 10.2. The summed E-state index contributed by atoms with van der Waals surface area (Å²) in [5.74, 6) is 2.53. The highest BCUT2D eigenvalue weighted by Crippen LogP contribution is 2.17. The molecule has 0 bridgehead atoms. The number of benzene rings is 1. The molecule has 5 nitrogen and oxygen atoms in total. The van der Waals surface area contributed by atoms with E-state index >= 15 is 0 Å². The molecule has 0 saturated carbocycles. The number of nitrogens with one attached hydrogen (secondary N) is 1. The van der Waals surface area contributed by atoms with E-state index < -0.39 is 0 Å². The van der Waals surface area contributed by atoms with Gasteiger partial charge in [-0.05, 0) is 24.1 Å². The SMILES string of the molecule is C#Cc1cccc(N(CC(=O)NC)C(=O)CCOCC(C)C)c1. The van der Waals surface area contributed by atoms with Gasteiger partial charge in [-0.3, -0.25) is 9.59 Å². The van der Waals surface area contributed by atoms with Gasteiger partial charge in [0.25, 0.3) is 0 Å². The second kappa shape index (κ2) is 9.65. The Kier molecular flexibility index (Phi) is 7.86. The van der Waals surface area contributed by atoms with Crippen molar-refractivity contribution in [3.05, 3.63) is 29.8 Å². The lowest BCUT2D eigenvalue weighted by Crippen LogP contribution is -2.40. The zero-order valence-electron chi connectivity index (χ0n) is 14.0. The number of ether oxygens (including phenoxy) is 1. The number of likely N-dealkylation sites (N-methyl/N-ethyl adjacent to an activating group) is 1. The van der Waals surface area contributed by atoms with Crippen LogP contribution in [-0.2, 0) is 14.3 Å². The minimum Gasteiger partial charge on any atom is -0.381 e. The molecule has 23 heavy (non-hydrogen) atoms. The van der Waals surface area contributed by atoms with Gasteiger partial charge >= 0.3 is 0 Å². The quantitative estimate of drug-likeness (QED) is 0.588. The third kappa shape index (κ3) is 6.54. The minimum absolute atomic E-state index is 0.0481. The molecule has 1 aromatic rings. The summed E-state index contributed by atoms with van der Waals surface area (Å²) in [6.45, 7) is 4.98. The first-order chi connectivity index (χ1) is 11.0. The van der Waals surface area contributed by atoms with Crippen molar-refractivity contribution in [3.63, 3.8) is 0 Å². The van der Waals surface area contributed by atoms with E-state index in [2.05, 4.69) is 11.2 Å². The van der Waals surface area contributed by atoms with E-state index in [0.717, 1.165) is 0 Å². The number of hydrogen-bond acceptors (Lipinski definition) is 3. The second-order valence-corrected chi connectivity index (χ2v) is 5.57. The van der Waals surface area contributed by atoms with E-state index in [0.29, 0.717) is 30.4 Å². The first-order valence-electron chi connectivity index (χ1n) is 7.63. The van der Waals surface area contributed by atoms with Crippen LogP contribution in [0.3, 0.4) is 0 Å². The fraction of sp³-hybridized carbons (Fsp3) is 0.444. The number of terminal acetylenes is 1. The fourth-order valence-corrected chi connectivity index (χ4v) is 1.92. The second-order valence-electron chi connectivity index (χ2n) is 5.57. The van der Waals surface area contributed by atoms with Crippen LogP contribution in [0, 0.1) is 18.3 Å². The van der Waals surface area contributed by atoms with Crippen LogP contribution in [0.2, 0.25) is 0 Å². The van der Waals surface area contributed by atoms with Crippen LogP contribution < -0.4 is 10.2 Å². The zero-order valence-corrected chi connectivity index (χ0v) is 14.0. The highest BCUT2D eigenvalue weighted by Gasteiger charge is 2.18. The molecular formula is C18H24N2O3. The molecule has 0 unspecified atom stereocenters. The number of rotatable bonds is 8. The van der Waals surface area contributed by atoms with E-state index in [9.17, 15) is 9.59 Å². The molecule has 0 fully saturated rings. The summed E-state index contributed by atoms with van der Waals surface area (Å²) in [6.07, 6.45) is 5.61. The summed E-state index contributed by atoms with van der Waals surface area (Å²) in [5.41, 5.74) is 1.27. The number of nitrogens with zero attached hydrogens (tertiary/aromatic N) is 1. The van der Waals surface area contributed by atoms with Gasteiger partial charge < -0.3 is 15.0 Å². The van der Waals surface area contributed by atoms with Crippen molar-refractivity contribution in [1.29, 1.82) is 0 Å². The van der Waals surface area contributed by atoms with Gasteiger partial charge in [0.2, 0.25) is 11.8 Å². The van der Waals surface area contributed by atoms with Crippen LogP contribution in [0.5, 0.6) is 0 Å². The Bertz CT molecular complexity index is 576. The van der Waals surface area contributed by atoms with Crippen molar-refractivity contribution >= 4 is 17.5 Å². The van der Waals surface area contributed by atoms with Gasteiger partial charge in [-0.1, -0.05) is 25.8 Å². The number of hydrogen-bond donors (Lipinski definition) is 1. The molecule has 0 aromatic heterocycles. The van der Waals surface area contributed by atoms with Gasteiger partial charge in [0.15, 0.2) is 0 Å². The van der Waals surface area contributed by atoms with Gasteiger partial charge in [0.05, 0.1) is 13.0 Å². The van der Waals surface area contributed by atoms with Crippen molar-refractivity contribution < 1.29 is 14.3 Å². The van der Waals surface area contributed by atoms with Gasteiger partial charge in [-0.2, -0.15) is 0 Å². The van der Waals surface area contributed by atoms with Crippen LogP contribution in [-0.4, -0.2) is 38.6 Å². The van der Waals surface area contributed by atoms with Crippen molar-refractivity contribution in [3.8, 4) is 12.3 Å². The molecule has 0 radical (unpaired) electrons. The molecule has 0 aliphatic carbocycles. The van der Waals surface area contributed by atoms with Gasteiger partial charge in [-0.15, -0.1) is 6.42 Å². The molecule has 0 saturated heterocycles. The van der Waals surface area contributed by atoms with Crippen LogP contribution in [0.4, 0.5) is 5.69 Å². The summed E-state index contributed by atoms with van der Waals surface area (Å²) in [5, 5.41) is 2.53. The van der Waals surface area contributed by atoms with Crippen LogP contribution in [0.15, 0.2) is 24.3 Å². The van der Waals surface area contributed by atoms with E-state index in [1.54, 1.807) is 24.3 Å². The maximum atomic E-state index is 12.5. The lowest BCUT2D eigenvalue weighted by molar-refractivity contribution is -0.124. The van der Waals surface area contributed by atoms with Gasteiger partial charge in [0.1, 0.15) is 6.54 Å². The molecule has 0 heterocycles. The fourth-order valence-electron chi connectivity index (χ4n) is 1.92. The third-order valence-corrected chi connectivity index (χ3v) is 3.12. The molecule has 0 aliphatic heterocycles. The molecule has 0 atom stereocenters. The van der Waals surface area contributed by atoms with E-state index in [1.807, 2.05) is 13.8 Å². The predicted molar refractivity (Wildman–Crippen MR) is 91.1 cm³/mol. The van der Waals surface area contributed by atoms with Crippen molar-refractivity contribution in [2.45, 2.75) is 20.3 Å². The molecule has 1 rings (SSSR count). The summed E-state index contributed by atoms with van der Waals surface area (Å²) in [7, 11) is 1.54. The lowest BCUT2D eigenvalue weighted by Gasteiger charge is -2.22. The summed E-state index contributed by atoms with van der Waals surface area (Å²) >= 11 is 0. The standard InChI is InChI=1S/C18H24N2O3/c1-5-15-7-6-8-16(11-15)20(12-17(21)19-4)18(22)9-10-23-13-14(2)3/h1,6-8,11,14H,9-10,12-13H2,2-4H3,(H,19,21). The predicted octanol–water partition coefficient (Wildman–Crippen LogP) is 1.81. The average molecular weight is 316 g/mol. The summed E-state index contributed by atoms with van der Waals surface area (Å²) in [4.78, 5) is 25.6. The Balaban J connectivity index is 2.81. The van der Waals surface area contributed by atoms with Gasteiger partial charge in [-0.25, -0.2) is 0 Å². The highest BCUT2D eigenvalue weighted by atomic mass is 16.5. The van der Waals surface area contributed by atoms with Crippen LogP contribution >= 0.6 is 0 Å². The Morgan fingerprint density at radius 3 is 2.74 bits per heavy atom. The first kappa shape index (κ1) is 18.7. The van der Waals surface area contributed by atoms with E-state index in [4.69, 9.17) is 11.2 Å². The number of amides is 2. The van der Waals surface area contributed by atoms with Crippen LogP contribution in [0.1, 0.15) is 25.8 Å². The highest BCUT2D eigenvalue weighted by molar-refractivity contribution is 5.98. The summed E-state index contributed by atoms with van der Waals surface area (Å²) < 4.78 is 5.45. The minimum atomic E-state index is -0.243. The number of carbonyl (C=O) groups excluding carboxylic acids is 2. The van der Waals surface area contributed by atoms with Crippen molar-refractivity contribution in [2.24, 2.45) is 5.92 Å². The number of carbonyl (C=O) groups is 2. The molecule has 0 spiro atoms. The van der Waals surface area contributed by atoms with E-state index in [-0.39, 0.29) is 24.8 Å². The average Bonchev–Trinajstić information content (AvgIpc) is 2.55. The molecular weight excluding hydrogens is 292 g/mol. The normalized spacial score (nSPS) is 10.2. The van der Waals surface area contributed by atoms with Gasteiger partial charge in [0, 0.05) is 24.9 Å². The molecule has 2 amide bonds. The molecule has 1 aromatic carbocycles. The molecule has 1 N–H and O–H groups in total. The molecule has 0 aliphatic rings. The van der Waals surface area contributed by atoms with Crippen LogP contribution in [0.25, 0.3) is 0 Å². The Morgan fingerprint density at radius 1 is 1.39 bits per heavy atom. The zero-order chi connectivity index (χ0) is 17.2. The largest absolute Gasteiger partial charge is 0.381 e. The smallest absolute Gasteiger partial charge is 0.239 e. The Labute approximate surface area is 138 Å². The maximum Gasteiger partial charge on any atom is 0.239 e. The van der Waals surface area contributed by atoms with Crippen molar-refractivity contribution in [2.75, 3.05) is 31.7 Å². The summed E-state index contributed by atoms with van der Waals surface area (Å²) in [6, 6.07) is 7.02. The van der Waals surface area contributed by atoms with E-state index in [1.165, 1.54) is 11.9 Å². The Hall–Kier alpha value is -2.32.